The predicted octanol–water partition coefficient (Wildman–Crippen LogP) is 4.25. The Morgan fingerprint density at radius 3 is 2.48 bits per heavy atom. The molecule has 10 nitrogen and oxygen atoms in total. The van der Waals surface area contributed by atoms with E-state index in [1.54, 1.807) is 24.3 Å². The van der Waals surface area contributed by atoms with Crippen LogP contribution in [0.5, 0.6) is 11.5 Å². The summed E-state index contributed by atoms with van der Waals surface area (Å²) in [5.41, 5.74) is 3.16. The van der Waals surface area contributed by atoms with Crippen molar-refractivity contribution in [1.82, 2.24) is 0 Å². The number of nitrogens with one attached hydrogen (secondary N) is 2. The first-order chi connectivity index (χ1) is 15.8. The van der Waals surface area contributed by atoms with Crippen molar-refractivity contribution in [3.8, 4) is 11.5 Å². The monoisotopic (exact) mass is 470 g/mol. The van der Waals surface area contributed by atoms with E-state index < -0.39 is 20.6 Å². The molecule has 0 amide bonds. The molecule has 2 N–H and O–H groups in total. The first-order valence-corrected chi connectivity index (χ1v) is 11.3. The Hall–Kier alpha value is -4.12. The van der Waals surface area contributed by atoms with Gasteiger partial charge in [-0.25, -0.2) is 8.42 Å². The van der Waals surface area contributed by atoms with Crippen molar-refractivity contribution in [2.24, 2.45) is 5.10 Å². The summed E-state index contributed by atoms with van der Waals surface area (Å²) in [5, 5.41) is 15.6. The Labute approximate surface area is 191 Å². The van der Waals surface area contributed by atoms with Gasteiger partial charge in [-0.1, -0.05) is 12.1 Å². The van der Waals surface area contributed by atoms with E-state index >= 15 is 0 Å². The van der Waals surface area contributed by atoms with Gasteiger partial charge in [0.25, 0.3) is 15.7 Å². The van der Waals surface area contributed by atoms with Gasteiger partial charge in [-0.15, -0.1) is 0 Å². The summed E-state index contributed by atoms with van der Waals surface area (Å²) in [5.74, 6) is 1.18. The molecule has 0 unspecified atom stereocenters. The molecule has 0 saturated carbocycles. The molecule has 0 fully saturated rings. The van der Waals surface area contributed by atoms with Gasteiger partial charge in [-0.3, -0.25) is 20.3 Å². The molecule has 172 valence electrons. The fourth-order valence-electron chi connectivity index (χ4n) is 2.84. The molecule has 0 aliphatic rings. The number of rotatable bonds is 10. The summed E-state index contributed by atoms with van der Waals surface area (Å²) >= 11 is 0. The van der Waals surface area contributed by atoms with Crippen molar-refractivity contribution in [1.29, 1.82) is 0 Å². The maximum Gasteiger partial charge on any atom is 0.295 e. The van der Waals surface area contributed by atoms with Crippen molar-refractivity contribution < 1.29 is 22.8 Å². The number of hydrogen-bond donors (Lipinski definition) is 2. The zero-order chi connectivity index (χ0) is 23.8. The van der Waals surface area contributed by atoms with Crippen LogP contribution in [0, 0.1) is 10.1 Å². The number of hydrazone groups is 1. The second-order valence-electron chi connectivity index (χ2n) is 6.61. The van der Waals surface area contributed by atoms with Gasteiger partial charge in [0, 0.05) is 17.3 Å². The Kier molecular flexibility index (Phi) is 7.46. The van der Waals surface area contributed by atoms with Crippen molar-refractivity contribution in [3.05, 3.63) is 82.4 Å². The number of benzene rings is 3. The molecule has 0 heterocycles. The molecule has 33 heavy (non-hydrogen) atoms. The fourth-order valence-corrected chi connectivity index (χ4v) is 3.92. The SMILES string of the molecule is CCOc1ccccc1/C=N\Nc1ccc(S(=O)(=O)Nc2ccc(OC)cc2)cc1[N+](=O)[O-]. The second kappa shape index (κ2) is 10.5. The highest BCUT2D eigenvalue weighted by Crippen LogP contribution is 2.29. The molecule has 0 bridgehead atoms. The smallest absolute Gasteiger partial charge is 0.295 e. The number of anilines is 2. The molecule has 0 atom stereocenters. The maximum absolute atomic E-state index is 12.7. The third-order valence-corrected chi connectivity index (χ3v) is 5.80. The lowest BCUT2D eigenvalue weighted by Gasteiger charge is -2.10. The van der Waals surface area contributed by atoms with Crippen LogP contribution in [0.15, 0.2) is 76.7 Å². The summed E-state index contributed by atoms with van der Waals surface area (Å²) < 4.78 is 38.4. The minimum atomic E-state index is -4.06. The normalized spacial score (nSPS) is 11.2. The minimum Gasteiger partial charge on any atom is -0.497 e. The first-order valence-electron chi connectivity index (χ1n) is 9.80. The highest BCUT2D eigenvalue weighted by atomic mass is 32.2. The number of sulfonamides is 1. The third-order valence-electron chi connectivity index (χ3n) is 4.43. The summed E-state index contributed by atoms with van der Waals surface area (Å²) in [7, 11) is -2.56. The van der Waals surface area contributed by atoms with Crippen LogP contribution in [0.1, 0.15) is 12.5 Å². The number of ether oxygens (including phenoxy) is 2. The molecular weight excluding hydrogens is 448 g/mol. The van der Waals surface area contributed by atoms with Crippen LogP contribution in [0.2, 0.25) is 0 Å². The van der Waals surface area contributed by atoms with Crippen LogP contribution >= 0.6 is 0 Å². The van der Waals surface area contributed by atoms with Gasteiger partial charge in [0.05, 0.1) is 29.8 Å². The molecular formula is C22H22N4O6S. The van der Waals surface area contributed by atoms with Gasteiger partial charge in [0.15, 0.2) is 0 Å². The molecule has 0 aliphatic carbocycles. The van der Waals surface area contributed by atoms with E-state index in [2.05, 4.69) is 15.2 Å². The van der Waals surface area contributed by atoms with Gasteiger partial charge in [0.1, 0.15) is 17.2 Å². The Balaban J connectivity index is 1.82. The average molecular weight is 471 g/mol. The summed E-state index contributed by atoms with van der Waals surface area (Å²) in [6.45, 7) is 2.33. The van der Waals surface area contributed by atoms with E-state index in [0.717, 1.165) is 6.07 Å². The molecule has 3 rings (SSSR count). The van der Waals surface area contributed by atoms with Crippen LogP contribution in [-0.4, -0.2) is 33.3 Å². The minimum absolute atomic E-state index is 0.0357. The second-order valence-corrected chi connectivity index (χ2v) is 8.29. The lowest BCUT2D eigenvalue weighted by Crippen LogP contribution is -2.13. The molecule has 0 radical (unpaired) electrons. The van der Waals surface area contributed by atoms with Crippen LogP contribution in [0.25, 0.3) is 0 Å². The van der Waals surface area contributed by atoms with E-state index in [1.807, 2.05) is 19.1 Å². The average Bonchev–Trinajstić information content (AvgIpc) is 2.80. The standard InChI is InChI=1S/C22H22N4O6S/c1-3-32-22-7-5-4-6-16(22)15-23-24-20-13-12-19(14-21(20)26(27)28)33(29,30)25-17-8-10-18(31-2)11-9-17/h4-15,24-25H,3H2,1-2H3/b23-15-. The Morgan fingerprint density at radius 2 is 1.82 bits per heavy atom. The van der Waals surface area contributed by atoms with Crippen molar-refractivity contribution in [2.45, 2.75) is 11.8 Å². The molecule has 0 saturated heterocycles. The van der Waals surface area contributed by atoms with E-state index in [9.17, 15) is 18.5 Å². The molecule has 0 aliphatic heterocycles. The molecule has 11 heteroatoms. The largest absolute Gasteiger partial charge is 0.497 e. The topological polar surface area (TPSA) is 132 Å². The molecule has 0 spiro atoms. The predicted molar refractivity (Wildman–Crippen MR) is 126 cm³/mol. The van der Waals surface area contributed by atoms with E-state index in [4.69, 9.17) is 9.47 Å². The summed E-state index contributed by atoms with van der Waals surface area (Å²) in [4.78, 5) is 10.6. The summed E-state index contributed by atoms with van der Waals surface area (Å²) in [6.07, 6.45) is 1.46. The number of nitro groups is 1. The fraction of sp³-hybridized carbons (Fsp3) is 0.136. The zero-order valence-corrected chi connectivity index (χ0v) is 18.7. The van der Waals surface area contributed by atoms with Crippen LogP contribution < -0.4 is 19.6 Å². The molecule has 0 aromatic heterocycles. The van der Waals surface area contributed by atoms with Gasteiger partial charge in [0.2, 0.25) is 0 Å². The Bertz CT molecular complexity index is 1260. The van der Waals surface area contributed by atoms with Gasteiger partial charge in [-0.2, -0.15) is 5.10 Å². The number of para-hydroxylation sites is 1. The van der Waals surface area contributed by atoms with Crippen LogP contribution in [-0.2, 0) is 10.0 Å². The highest BCUT2D eigenvalue weighted by Gasteiger charge is 2.21. The quantitative estimate of drug-likeness (QED) is 0.257. The first kappa shape index (κ1) is 23.5. The van der Waals surface area contributed by atoms with Crippen LogP contribution in [0.3, 0.4) is 0 Å². The van der Waals surface area contributed by atoms with E-state index in [-0.39, 0.29) is 10.6 Å². The Morgan fingerprint density at radius 1 is 1.09 bits per heavy atom. The highest BCUT2D eigenvalue weighted by molar-refractivity contribution is 7.92. The van der Waals surface area contributed by atoms with Gasteiger partial charge >= 0.3 is 0 Å². The van der Waals surface area contributed by atoms with Crippen molar-refractivity contribution >= 4 is 33.3 Å². The lowest BCUT2D eigenvalue weighted by molar-refractivity contribution is -0.384. The van der Waals surface area contributed by atoms with E-state index in [1.165, 1.54) is 37.6 Å². The lowest BCUT2D eigenvalue weighted by atomic mass is 10.2. The summed E-state index contributed by atoms with van der Waals surface area (Å²) in [6, 6.07) is 16.9. The maximum atomic E-state index is 12.7. The number of methoxy groups -OCH3 is 1. The van der Waals surface area contributed by atoms with Crippen molar-refractivity contribution in [3.63, 3.8) is 0 Å². The van der Waals surface area contributed by atoms with E-state index in [0.29, 0.717) is 29.4 Å². The van der Waals surface area contributed by atoms with Gasteiger partial charge in [-0.05, 0) is 55.5 Å². The number of hydrogen-bond acceptors (Lipinski definition) is 8. The zero-order valence-electron chi connectivity index (χ0n) is 17.9. The van der Waals surface area contributed by atoms with Gasteiger partial charge < -0.3 is 9.47 Å². The molecule has 3 aromatic carbocycles. The third kappa shape index (κ3) is 5.98. The van der Waals surface area contributed by atoms with Crippen LogP contribution in [0.4, 0.5) is 17.1 Å². The molecule has 3 aromatic rings. The van der Waals surface area contributed by atoms with Crippen molar-refractivity contribution in [2.75, 3.05) is 23.9 Å². The number of nitrogens with zero attached hydrogens (tertiary/aromatic N) is 2. The number of nitro benzene ring substituents is 1.